The molecule has 0 bridgehead atoms. The SMILES string of the molecule is CCN(CC)CCCNC(=O)C1CCCC1N. The van der Waals surface area contributed by atoms with Crippen LogP contribution in [-0.2, 0) is 4.79 Å². The van der Waals surface area contributed by atoms with E-state index in [1.165, 1.54) is 0 Å². The summed E-state index contributed by atoms with van der Waals surface area (Å²) in [5.41, 5.74) is 5.91. The number of nitrogens with two attached hydrogens (primary N) is 1. The predicted molar refractivity (Wildman–Crippen MR) is 70.7 cm³/mol. The van der Waals surface area contributed by atoms with Crippen LogP contribution in [0.5, 0.6) is 0 Å². The highest BCUT2D eigenvalue weighted by atomic mass is 16.1. The van der Waals surface area contributed by atoms with Crippen LogP contribution in [0.4, 0.5) is 0 Å². The molecule has 1 saturated carbocycles. The first-order valence-corrected chi connectivity index (χ1v) is 6.94. The maximum atomic E-state index is 11.8. The molecule has 0 saturated heterocycles. The third-order valence-corrected chi connectivity index (χ3v) is 3.75. The number of rotatable bonds is 7. The molecule has 4 heteroatoms. The second-order valence-electron chi connectivity index (χ2n) is 4.87. The van der Waals surface area contributed by atoms with Crippen LogP contribution in [0.25, 0.3) is 0 Å². The third-order valence-electron chi connectivity index (χ3n) is 3.75. The summed E-state index contributed by atoms with van der Waals surface area (Å²) in [6.07, 6.45) is 4.08. The molecule has 1 aliphatic rings. The normalized spacial score (nSPS) is 24.2. The number of hydrogen-bond donors (Lipinski definition) is 2. The van der Waals surface area contributed by atoms with Crippen LogP contribution in [0, 0.1) is 5.92 Å². The molecular formula is C13H27N3O. The first-order valence-electron chi connectivity index (χ1n) is 6.94. The lowest BCUT2D eigenvalue weighted by atomic mass is 10.0. The van der Waals surface area contributed by atoms with E-state index in [9.17, 15) is 4.79 Å². The first-order chi connectivity index (χ1) is 8.19. The van der Waals surface area contributed by atoms with Crippen molar-refractivity contribution in [1.82, 2.24) is 10.2 Å². The van der Waals surface area contributed by atoms with Crippen LogP contribution in [0.1, 0.15) is 39.5 Å². The van der Waals surface area contributed by atoms with E-state index < -0.39 is 0 Å². The molecule has 17 heavy (non-hydrogen) atoms. The monoisotopic (exact) mass is 241 g/mol. The van der Waals surface area contributed by atoms with E-state index in [1.807, 2.05) is 0 Å². The molecule has 1 amide bonds. The van der Waals surface area contributed by atoms with Crippen LogP contribution in [0.2, 0.25) is 0 Å². The van der Waals surface area contributed by atoms with Crippen molar-refractivity contribution in [3.05, 3.63) is 0 Å². The fraction of sp³-hybridized carbons (Fsp3) is 0.923. The minimum atomic E-state index is 0.0588. The zero-order chi connectivity index (χ0) is 12.7. The molecule has 2 unspecified atom stereocenters. The standard InChI is InChI=1S/C13H27N3O/c1-3-16(4-2)10-6-9-15-13(17)11-7-5-8-12(11)14/h11-12H,3-10,14H2,1-2H3,(H,15,17). The van der Waals surface area contributed by atoms with Crippen molar-refractivity contribution < 1.29 is 4.79 Å². The van der Waals surface area contributed by atoms with Crippen LogP contribution in [-0.4, -0.2) is 43.0 Å². The Morgan fingerprint density at radius 2 is 2.06 bits per heavy atom. The van der Waals surface area contributed by atoms with Crippen molar-refractivity contribution in [3.8, 4) is 0 Å². The van der Waals surface area contributed by atoms with Gasteiger partial charge in [-0.3, -0.25) is 4.79 Å². The van der Waals surface area contributed by atoms with Gasteiger partial charge in [0, 0.05) is 12.6 Å². The van der Waals surface area contributed by atoms with Crippen molar-refractivity contribution in [2.45, 2.75) is 45.6 Å². The van der Waals surface area contributed by atoms with Crippen LogP contribution in [0.3, 0.4) is 0 Å². The van der Waals surface area contributed by atoms with Gasteiger partial charge in [0.2, 0.25) is 5.91 Å². The van der Waals surface area contributed by atoms with Gasteiger partial charge in [0.25, 0.3) is 0 Å². The minimum absolute atomic E-state index is 0.0588. The maximum Gasteiger partial charge on any atom is 0.224 e. The number of nitrogens with zero attached hydrogens (tertiary/aromatic N) is 1. The van der Waals surface area contributed by atoms with Crippen LogP contribution >= 0.6 is 0 Å². The fourth-order valence-corrected chi connectivity index (χ4v) is 2.50. The molecule has 0 aromatic heterocycles. The van der Waals surface area contributed by atoms with Gasteiger partial charge < -0.3 is 16.0 Å². The number of carbonyl (C=O) groups is 1. The highest BCUT2D eigenvalue weighted by Gasteiger charge is 2.29. The van der Waals surface area contributed by atoms with E-state index in [0.717, 1.165) is 51.9 Å². The van der Waals surface area contributed by atoms with Crippen LogP contribution < -0.4 is 11.1 Å². The average molecular weight is 241 g/mol. The molecule has 0 heterocycles. The molecule has 0 aliphatic heterocycles. The molecule has 0 aromatic rings. The Hall–Kier alpha value is -0.610. The van der Waals surface area contributed by atoms with Gasteiger partial charge in [0.15, 0.2) is 0 Å². The number of nitrogens with one attached hydrogen (secondary N) is 1. The second-order valence-corrected chi connectivity index (χ2v) is 4.87. The number of amides is 1. The van der Waals surface area contributed by atoms with Crippen molar-refractivity contribution in [2.75, 3.05) is 26.2 Å². The molecule has 3 N–H and O–H groups in total. The summed E-state index contributed by atoms with van der Waals surface area (Å²) in [7, 11) is 0. The van der Waals surface area contributed by atoms with Gasteiger partial charge in [-0.1, -0.05) is 20.3 Å². The molecule has 0 radical (unpaired) electrons. The van der Waals surface area contributed by atoms with Crippen LogP contribution in [0.15, 0.2) is 0 Å². The average Bonchev–Trinajstić information content (AvgIpc) is 2.75. The fourth-order valence-electron chi connectivity index (χ4n) is 2.50. The minimum Gasteiger partial charge on any atom is -0.356 e. The quantitative estimate of drug-likeness (QED) is 0.653. The third kappa shape index (κ3) is 4.64. The Morgan fingerprint density at radius 3 is 2.59 bits per heavy atom. The van der Waals surface area contributed by atoms with E-state index in [4.69, 9.17) is 5.73 Å². The van der Waals surface area contributed by atoms with E-state index >= 15 is 0 Å². The highest BCUT2D eigenvalue weighted by molar-refractivity contribution is 5.79. The van der Waals surface area contributed by atoms with Gasteiger partial charge in [-0.2, -0.15) is 0 Å². The largest absolute Gasteiger partial charge is 0.356 e. The summed E-state index contributed by atoms with van der Waals surface area (Å²) in [6.45, 7) is 8.33. The molecule has 4 nitrogen and oxygen atoms in total. The Bertz CT molecular complexity index is 229. The lowest BCUT2D eigenvalue weighted by Gasteiger charge is -2.19. The molecule has 0 spiro atoms. The van der Waals surface area contributed by atoms with E-state index in [2.05, 4.69) is 24.1 Å². The summed E-state index contributed by atoms with van der Waals surface area (Å²) in [6, 6.07) is 0.0813. The second kappa shape index (κ2) is 7.67. The van der Waals surface area contributed by atoms with E-state index in [0.29, 0.717) is 0 Å². The molecule has 2 atom stereocenters. The number of carbonyl (C=O) groups excluding carboxylic acids is 1. The lowest BCUT2D eigenvalue weighted by Crippen LogP contribution is -2.39. The number of hydrogen-bond acceptors (Lipinski definition) is 3. The summed E-state index contributed by atoms with van der Waals surface area (Å²) < 4.78 is 0. The smallest absolute Gasteiger partial charge is 0.224 e. The maximum absolute atomic E-state index is 11.8. The summed E-state index contributed by atoms with van der Waals surface area (Å²) in [5.74, 6) is 0.220. The lowest BCUT2D eigenvalue weighted by molar-refractivity contribution is -0.125. The zero-order valence-electron chi connectivity index (χ0n) is 11.2. The summed E-state index contributed by atoms with van der Waals surface area (Å²) >= 11 is 0. The molecular weight excluding hydrogens is 214 g/mol. The Balaban J connectivity index is 2.12. The van der Waals surface area contributed by atoms with Gasteiger partial charge in [-0.15, -0.1) is 0 Å². The molecule has 100 valence electrons. The van der Waals surface area contributed by atoms with Gasteiger partial charge in [0.05, 0.1) is 5.92 Å². The van der Waals surface area contributed by atoms with Crippen molar-refractivity contribution in [1.29, 1.82) is 0 Å². The van der Waals surface area contributed by atoms with Gasteiger partial charge in [0.1, 0.15) is 0 Å². The summed E-state index contributed by atoms with van der Waals surface area (Å²) in [5, 5.41) is 3.01. The Kier molecular flexibility index (Phi) is 6.52. The predicted octanol–water partition coefficient (Wildman–Crippen LogP) is 0.962. The van der Waals surface area contributed by atoms with E-state index in [-0.39, 0.29) is 17.9 Å². The summed E-state index contributed by atoms with van der Waals surface area (Å²) in [4.78, 5) is 14.2. The van der Waals surface area contributed by atoms with Crippen molar-refractivity contribution >= 4 is 5.91 Å². The van der Waals surface area contributed by atoms with Gasteiger partial charge in [-0.25, -0.2) is 0 Å². The Labute approximate surface area is 105 Å². The molecule has 1 rings (SSSR count). The molecule has 1 aliphatic carbocycles. The zero-order valence-corrected chi connectivity index (χ0v) is 11.2. The topological polar surface area (TPSA) is 58.4 Å². The van der Waals surface area contributed by atoms with Crippen molar-refractivity contribution in [3.63, 3.8) is 0 Å². The van der Waals surface area contributed by atoms with Crippen molar-refractivity contribution in [2.24, 2.45) is 11.7 Å². The van der Waals surface area contributed by atoms with E-state index in [1.54, 1.807) is 0 Å². The van der Waals surface area contributed by atoms with Gasteiger partial charge >= 0.3 is 0 Å². The highest BCUT2D eigenvalue weighted by Crippen LogP contribution is 2.23. The molecule has 0 aromatic carbocycles. The Morgan fingerprint density at radius 1 is 1.35 bits per heavy atom. The first kappa shape index (κ1) is 14.5. The van der Waals surface area contributed by atoms with Gasteiger partial charge in [-0.05, 0) is 38.9 Å². The molecule has 1 fully saturated rings.